The first kappa shape index (κ1) is 31.3. The lowest BCUT2D eigenvalue weighted by Crippen LogP contribution is -2.30. The zero-order valence-electron chi connectivity index (χ0n) is 23.6. The van der Waals surface area contributed by atoms with Crippen molar-refractivity contribution < 1.29 is 23.5 Å². The van der Waals surface area contributed by atoms with Crippen molar-refractivity contribution in [3.8, 4) is 5.75 Å². The van der Waals surface area contributed by atoms with Gasteiger partial charge in [0.1, 0.15) is 17.3 Å². The molecule has 3 N–H and O–H groups in total. The number of methoxy groups -OCH3 is 1. The average Bonchev–Trinajstić information content (AvgIpc) is 3.00. The summed E-state index contributed by atoms with van der Waals surface area (Å²) in [5.74, 6) is -1.44. The van der Waals surface area contributed by atoms with Crippen molar-refractivity contribution in [2.75, 3.05) is 17.7 Å². The third-order valence-corrected chi connectivity index (χ3v) is 7.79. The third kappa shape index (κ3) is 8.47. The summed E-state index contributed by atoms with van der Waals surface area (Å²) in [7, 11) is 1.51. The van der Waals surface area contributed by atoms with Crippen LogP contribution in [0.4, 0.5) is 15.8 Å². The van der Waals surface area contributed by atoms with E-state index >= 15 is 0 Å². The van der Waals surface area contributed by atoms with Crippen LogP contribution in [-0.4, -0.2) is 30.1 Å². The smallest absolute Gasteiger partial charge is 0.272 e. The number of amides is 3. The Hall–Kier alpha value is -4.60. The second kappa shape index (κ2) is 14.5. The van der Waals surface area contributed by atoms with Gasteiger partial charge >= 0.3 is 0 Å². The number of carbonyl (C=O) groups excluding carboxylic acids is 3. The molecule has 0 aromatic heterocycles. The van der Waals surface area contributed by atoms with E-state index in [9.17, 15) is 18.8 Å². The number of thioether (sulfide) groups is 1. The zero-order chi connectivity index (χ0) is 30.9. The van der Waals surface area contributed by atoms with E-state index in [-0.39, 0.29) is 17.2 Å². The number of benzene rings is 4. The number of ether oxygens (including phenoxy) is 1. The summed E-state index contributed by atoms with van der Waals surface area (Å²) in [5.41, 5.74) is 2.14. The standard InChI is InChI=1S/C33H29ClFN3O4S/c1-20-17-28(30(42-3)19-26(20)34)37-31(39)21(2)43-25-15-13-24(14-16-25)36-33(41)29(18-23-11-7-8-12-27(23)35)38-32(40)22-9-5-4-6-10-22/h4-19,21H,1-3H3,(H,36,41)(H,37,39)(H,38,40)/b29-18-. The molecule has 1 unspecified atom stereocenters. The summed E-state index contributed by atoms with van der Waals surface area (Å²) >= 11 is 7.50. The Morgan fingerprint density at radius 1 is 0.930 bits per heavy atom. The molecule has 0 fully saturated rings. The lowest BCUT2D eigenvalue weighted by atomic mass is 10.1. The van der Waals surface area contributed by atoms with Gasteiger partial charge in [0.15, 0.2) is 0 Å². The van der Waals surface area contributed by atoms with E-state index in [1.54, 1.807) is 79.7 Å². The molecule has 0 aliphatic carbocycles. The summed E-state index contributed by atoms with van der Waals surface area (Å²) < 4.78 is 19.7. The molecule has 0 spiro atoms. The molecule has 0 heterocycles. The molecule has 4 aromatic carbocycles. The molecule has 0 radical (unpaired) electrons. The molecule has 3 amide bonds. The summed E-state index contributed by atoms with van der Waals surface area (Å²) in [4.78, 5) is 39.7. The Bertz CT molecular complexity index is 1660. The van der Waals surface area contributed by atoms with Gasteiger partial charge in [0.25, 0.3) is 11.8 Å². The van der Waals surface area contributed by atoms with Crippen molar-refractivity contribution in [1.29, 1.82) is 0 Å². The van der Waals surface area contributed by atoms with Crippen molar-refractivity contribution >= 4 is 58.5 Å². The lowest BCUT2D eigenvalue weighted by molar-refractivity contribution is -0.115. The van der Waals surface area contributed by atoms with E-state index in [1.807, 2.05) is 6.92 Å². The van der Waals surface area contributed by atoms with Gasteiger partial charge in [-0.2, -0.15) is 0 Å². The van der Waals surface area contributed by atoms with Crippen LogP contribution in [0.5, 0.6) is 5.75 Å². The predicted molar refractivity (Wildman–Crippen MR) is 170 cm³/mol. The van der Waals surface area contributed by atoms with E-state index in [4.69, 9.17) is 16.3 Å². The molecule has 43 heavy (non-hydrogen) atoms. The number of anilines is 2. The Balaban J connectivity index is 1.44. The normalized spacial score (nSPS) is 11.8. The van der Waals surface area contributed by atoms with Crippen LogP contribution in [-0.2, 0) is 9.59 Å². The molecule has 4 aromatic rings. The molecular formula is C33H29ClFN3O4S. The number of hydrogen-bond donors (Lipinski definition) is 3. The van der Waals surface area contributed by atoms with Crippen molar-refractivity contribution in [2.45, 2.75) is 24.0 Å². The van der Waals surface area contributed by atoms with Crippen molar-refractivity contribution in [1.82, 2.24) is 5.32 Å². The van der Waals surface area contributed by atoms with Gasteiger partial charge in [-0.1, -0.05) is 48.0 Å². The largest absolute Gasteiger partial charge is 0.495 e. The lowest BCUT2D eigenvalue weighted by Gasteiger charge is -2.16. The third-order valence-electron chi connectivity index (χ3n) is 6.27. The molecule has 220 valence electrons. The van der Waals surface area contributed by atoms with Crippen LogP contribution < -0.4 is 20.7 Å². The van der Waals surface area contributed by atoms with Crippen LogP contribution >= 0.6 is 23.4 Å². The maximum Gasteiger partial charge on any atom is 0.272 e. The fraction of sp³-hybridized carbons (Fsp3) is 0.121. The van der Waals surface area contributed by atoms with Crippen LogP contribution in [0.15, 0.2) is 102 Å². The number of rotatable bonds is 10. The van der Waals surface area contributed by atoms with Gasteiger partial charge in [0, 0.05) is 32.8 Å². The Kier molecular flexibility index (Phi) is 10.6. The molecule has 0 bridgehead atoms. The second-order valence-electron chi connectivity index (χ2n) is 9.43. The Labute approximate surface area is 258 Å². The summed E-state index contributed by atoms with van der Waals surface area (Å²) in [6.45, 7) is 3.62. The van der Waals surface area contributed by atoms with Gasteiger partial charge in [0.2, 0.25) is 5.91 Å². The van der Waals surface area contributed by atoms with Gasteiger partial charge in [-0.3, -0.25) is 14.4 Å². The first-order valence-corrected chi connectivity index (χ1v) is 14.5. The average molecular weight is 618 g/mol. The monoisotopic (exact) mass is 617 g/mol. The Morgan fingerprint density at radius 2 is 1.60 bits per heavy atom. The van der Waals surface area contributed by atoms with Gasteiger partial charge in [-0.15, -0.1) is 11.8 Å². The minimum Gasteiger partial charge on any atom is -0.495 e. The minimum atomic E-state index is -0.632. The molecular weight excluding hydrogens is 589 g/mol. The highest BCUT2D eigenvalue weighted by Gasteiger charge is 2.19. The summed E-state index contributed by atoms with van der Waals surface area (Å²) in [5, 5.41) is 8.30. The number of aryl methyl sites for hydroxylation is 1. The van der Waals surface area contributed by atoms with E-state index in [2.05, 4.69) is 16.0 Å². The highest BCUT2D eigenvalue weighted by Crippen LogP contribution is 2.32. The van der Waals surface area contributed by atoms with Gasteiger partial charge in [-0.05, 0) is 74.0 Å². The first-order valence-electron chi connectivity index (χ1n) is 13.2. The van der Waals surface area contributed by atoms with Gasteiger partial charge in [-0.25, -0.2) is 4.39 Å². The van der Waals surface area contributed by atoms with E-state index < -0.39 is 22.9 Å². The Morgan fingerprint density at radius 3 is 2.28 bits per heavy atom. The van der Waals surface area contributed by atoms with Crippen molar-refractivity contribution in [2.24, 2.45) is 0 Å². The summed E-state index contributed by atoms with van der Waals surface area (Å²) in [6.07, 6.45) is 1.28. The highest BCUT2D eigenvalue weighted by molar-refractivity contribution is 8.00. The number of halogens is 2. The fourth-order valence-corrected chi connectivity index (χ4v) is 4.95. The van der Waals surface area contributed by atoms with Crippen LogP contribution in [0.2, 0.25) is 5.02 Å². The molecule has 10 heteroatoms. The molecule has 1 atom stereocenters. The fourth-order valence-electron chi connectivity index (χ4n) is 3.93. The maximum absolute atomic E-state index is 14.4. The summed E-state index contributed by atoms with van der Waals surface area (Å²) in [6, 6.07) is 24.6. The number of carbonyl (C=O) groups is 3. The maximum atomic E-state index is 14.4. The van der Waals surface area contributed by atoms with E-state index in [1.165, 1.54) is 43.1 Å². The number of nitrogens with one attached hydrogen (secondary N) is 3. The number of hydrogen-bond acceptors (Lipinski definition) is 5. The van der Waals surface area contributed by atoms with Crippen LogP contribution in [0.3, 0.4) is 0 Å². The molecule has 0 saturated carbocycles. The molecule has 0 aliphatic rings. The minimum absolute atomic E-state index is 0.129. The zero-order valence-corrected chi connectivity index (χ0v) is 25.2. The second-order valence-corrected chi connectivity index (χ2v) is 11.3. The highest BCUT2D eigenvalue weighted by atomic mass is 35.5. The van der Waals surface area contributed by atoms with Gasteiger partial charge < -0.3 is 20.7 Å². The molecule has 7 nitrogen and oxygen atoms in total. The van der Waals surface area contributed by atoms with Crippen molar-refractivity contribution in [3.05, 3.63) is 124 Å². The molecule has 0 saturated heterocycles. The van der Waals surface area contributed by atoms with Crippen LogP contribution in [0.25, 0.3) is 6.08 Å². The molecule has 4 rings (SSSR count). The van der Waals surface area contributed by atoms with Crippen molar-refractivity contribution in [3.63, 3.8) is 0 Å². The van der Waals surface area contributed by atoms with Crippen LogP contribution in [0.1, 0.15) is 28.4 Å². The molecule has 0 aliphatic heterocycles. The van der Waals surface area contributed by atoms with Gasteiger partial charge in [0.05, 0.1) is 18.0 Å². The SMILES string of the molecule is COc1cc(Cl)c(C)cc1NC(=O)C(C)Sc1ccc(NC(=O)/C(=C/c2ccccc2F)NC(=O)c2ccccc2)cc1. The first-order chi connectivity index (χ1) is 20.6. The van der Waals surface area contributed by atoms with E-state index in [0.29, 0.717) is 27.7 Å². The predicted octanol–water partition coefficient (Wildman–Crippen LogP) is 7.33. The van der Waals surface area contributed by atoms with Crippen LogP contribution in [0, 0.1) is 12.7 Å². The topological polar surface area (TPSA) is 96.5 Å². The quantitative estimate of drug-likeness (QED) is 0.128. The van der Waals surface area contributed by atoms with E-state index in [0.717, 1.165) is 10.5 Å².